The van der Waals surface area contributed by atoms with E-state index in [-0.39, 0.29) is 72.8 Å². The predicted octanol–water partition coefficient (Wildman–Crippen LogP) is 26.0. The molecule has 0 spiro atoms. The van der Waals surface area contributed by atoms with E-state index in [4.69, 9.17) is 33.2 Å². The van der Waals surface area contributed by atoms with Gasteiger partial charge in [-0.25, -0.2) is 0 Å². The van der Waals surface area contributed by atoms with E-state index in [1.54, 1.807) is 56.7 Å². The first-order chi connectivity index (χ1) is 41.8. The van der Waals surface area contributed by atoms with Gasteiger partial charge in [0.15, 0.2) is 0 Å². The molecule has 0 saturated carbocycles. The standard InChI is InChI=1S/6C8H10O.C7H8O.2C3H8.8C2H6.C2H5.CH3.2Y/c6*1-7-5-3-4-6-8(7)9-2;1-8-7-5-3-2-4-6-7;2*1-3-2;9*1-2;;;/h6*3-6H,1-2H3;2-6H,1H3;2*3H2,1-2H3;8*1-2H3;1H2,2H3;1H3;;/q;;;;;;;;;;;;;;;;;2*-1;;. The first-order valence-electron chi connectivity index (χ1n) is 31.7. The number of methoxy groups -OCH3 is 7. The Balaban J connectivity index is -0.0000000577. The quantitative estimate of drug-likeness (QED) is 0.147. The van der Waals surface area contributed by atoms with Gasteiger partial charge in [0.25, 0.3) is 0 Å². The van der Waals surface area contributed by atoms with Gasteiger partial charge in [-0.15, -0.1) is 0 Å². The van der Waals surface area contributed by atoms with Crippen molar-refractivity contribution in [3.63, 3.8) is 0 Å². The molecule has 2 radical (unpaired) electrons. The number of hydrogen-bond donors (Lipinski definition) is 0. The second-order valence-electron chi connectivity index (χ2n) is 14.7. The van der Waals surface area contributed by atoms with Crippen LogP contribution in [0.25, 0.3) is 0 Å². The Kier molecular flexibility index (Phi) is 144. The van der Waals surface area contributed by atoms with Crippen LogP contribution in [0.3, 0.4) is 0 Å². The van der Waals surface area contributed by atoms with Gasteiger partial charge < -0.3 is 47.5 Å². The smallest absolute Gasteiger partial charge is 0.121 e. The zero-order valence-corrected chi connectivity index (χ0v) is 70.1. The molecular formula is C80H140O7Y2-2. The number of aryl methyl sites for hydroxylation is 6. The molecule has 510 valence electrons. The molecule has 7 aromatic rings. The van der Waals surface area contributed by atoms with E-state index in [9.17, 15) is 0 Å². The Bertz CT molecular complexity index is 1880. The maximum atomic E-state index is 5.04. The second-order valence-corrected chi connectivity index (χ2v) is 14.7. The number of rotatable bonds is 7. The molecule has 7 rings (SSSR count). The van der Waals surface area contributed by atoms with Crippen molar-refractivity contribution in [2.45, 2.75) is 200 Å². The molecule has 0 fully saturated rings. The molecule has 0 aromatic heterocycles. The Labute approximate surface area is 606 Å². The van der Waals surface area contributed by atoms with Crippen molar-refractivity contribution in [3.05, 3.63) is 224 Å². The molecule has 0 aliphatic carbocycles. The molecule has 0 atom stereocenters. The van der Waals surface area contributed by atoms with Gasteiger partial charge in [-0.05, 0) is 123 Å². The topological polar surface area (TPSA) is 64.6 Å². The molecule has 0 N–H and O–H groups in total. The largest absolute Gasteiger partial charge is 0.497 e. The molecule has 7 aromatic carbocycles. The molecule has 89 heavy (non-hydrogen) atoms. The van der Waals surface area contributed by atoms with Crippen LogP contribution >= 0.6 is 0 Å². The Hall–Kier alpha value is -4.65. The third-order valence-electron chi connectivity index (χ3n) is 8.86. The van der Waals surface area contributed by atoms with Crippen molar-refractivity contribution in [1.29, 1.82) is 0 Å². The average Bonchev–Trinajstić information content (AvgIpc) is 3.59. The molecule has 0 aliphatic rings. The normalized spacial score (nSPS) is 7.31. The summed E-state index contributed by atoms with van der Waals surface area (Å²) in [6.45, 7) is 57.7. The summed E-state index contributed by atoms with van der Waals surface area (Å²) >= 11 is 0. The van der Waals surface area contributed by atoms with Crippen LogP contribution in [0, 0.1) is 55.9 Å². The maximum Gasteiger partial charge on any atom is 0.121 e. The van der Waals surface area contributed by atoms with Gasteiger partial charge in [-0.2, -0.15) is 6.92 Å². The van der Waals surface area contributed by atoms with E-state index in [1.807, 2.05) is 328 Å². The Morgan fingerprint density at radius 2 is 0.337 bits per heavy atom. The van der Waals surface area contributed by atoms with Crippen molar-refractivity contribution >= 4 is 0 Å². The third-order valence-corrected chi connectivity index (χ3v) is 8.86. The van der Waals surface area contributed by atoms with Gasteiger partial charge >= 0.3 is 0 Å². The van der Waals surface area contributed by atoms with Gasteiger partial charge in [0.2, 0.25) is 0 Å². The van der Waals surface area contributed by atoms with Crippen LogP contribution in [0.5, 0.6) is 40.2 Å². The first kappa shape index (κ1) is 118. The van der Waals surface area contributed by atoms with Crippen LogP contribution < -0.4 is 33.2 Å². The minimum atomic E-state index is 0. The molecule has 0 unspecified atom stereocenters. The fourth-order valence-corrected chi connectivity index (χ4v) is 5.27. The third kappa shape index (κ3) is 79.4. The molecule has 0 saturated heterocycles. The summed E-state index contributed by atoms with van der Waals surface area (Å²) in [6.07, 6.45) is 2.50. The molecule has 7 nitrogen and oxygen atoms in total. The molecule has 0 heterocycles. The second kappa shape index (κ2) is 108. The van der Waals surface area contributed by atoms with Crippen molar-refractivity contribution < 1.29 is 98.6 Å². The molecule has 0 aliphatic heterocycles. The van der Waals surface area contributed by atoms with Gasteiger partial charge in [0.05, 0.1) is 49.8 Å². The van der Waals surface area contributed by atoms with Gasteiger partial charge in [-0.1, -0.05) is 279 Å². The molecular weight excluding hydrogens is 1250 g/mol. The summed E-state index contributed by atoms with van der Waals surface area (Å²) in [5.41, 5.74) is 7.08. The van der Waals surface area contributed by atoms with Gasteiger partial charge in [0.1, 0.15) is 40.2 Å². The number of para-hydroxylation sites is 7. The van der Waals surface area contributed by atoms with Crippen LogP contribution in [0.1, 0.15) is 192 Å². The van der Waals surface area contributed by atoms with E-state index < -0.39 is 0 Å². The fourth-order valence-electron chi connectivity index (χ4n) is 5.27. The summed E-state index contributed by atoms with van der Waals surface area (Å²) in [5.74, 6) is 6.65. The zero-order valence-electron chi connectivity index (χ0n) is 64.4. The summed E-state index contributed by atoms with van der Waals surface area (Å²) in [6, 6.07) is 57.3. The molecule has 9 heteroatoms. The number of ether oxygens (including phenoxy) is 7. The Morgan fingerprint density at radius 3 is 0.416 bits per heavy atom. The number of benzene rings is 7. The van der Waals surface area contributed by atoms with Crippen LogP contribution in [0.2, 0.25) is 0 Å². The van der Waals surface area contributed by atoms with E-state index in [0.717, 1.165) is 40.2 Å². The predicted molar refractivity (Wildman–Crippen MR) is 400 cm³/mol. The number of hydrogen-bond acceptors (Lipinski definition) is 7. The first-order valence-corrected chi connectivity index (χ1v) is 31.7. The fraction of sp³-hybridized carbons (Fsp3) is 0.450. The molecule has 0 amide bonds. The average molecular weight is 1390 g/mol. The summed E-state index contributed by atoms with van der Waals surface area (Å²) in [7, 11) is 11.8. The van der Waals surface area contributed by atoms with Crippen molar-refractivity contribution in [2.24, 2.45) is 0 Å². The van der Waals surface area contributed by atoms with Crippen LogP contribution in [0.15, 0.2) is 176 Å². The summed E-state index contributed by atoms with van der Waals surface area (Å²) < 4.78 is 35.2. The Morgan fingerprint density at radius 1 is 0.225 bits per heavy atom. The van der Waals surface area contributed by atoms with Gasteiger partial charge in [0, 0.05) is 65.4 Å². The SMILES string of the molecule is CC.CC.CC.CC.CC.CC.CC.CC.CCC.CCC.COc1ccccc1.COc1ccccc1C.COc1ccccc1C.COc1ccccc1C.COc1ccccc1C.COc1ccccc1C.COc1ccccc1C.[CH2-]C.[CH3-].[Y].[Y]. The van der Waals surface area contributed by atoms with E-state index >= 15 is 0 Å². The minimum Gasteiger partial charge on any atom is -0.497 e. The van der Waals surface area contributed by atoms with Crippen LogP contribution in [0.4, 0.5) is 0 Å². The van der Waals surface area contributed by atoms with Crippen molar-refractivity contribution in [1.82, 2.24) is 0 Å². The van der Waals surface area contributed by atoms with Crippen LogP contribution in [-0.2, 0) is 65.4 Å². The zero-order chi connectivity index (χ0) is 69.4. The summed E-state index contributed by atoms with van der Waals surface area (Å²) in [4.78, 5) is 0. The van der Waals surface area contributed by atoms with E-state index in [1.165, 1.54) is 46.2 Å². The van der Waals surface area contributed by atoms with Crippen molar-refractivity contribution in [2.75, 3.05) is 49.8 Å². The maximum absolute atomic E-state index is 5.04. The monoisotopic (exact) mass is 1390 g/mol. The van der Waals surface area contributed by atoms with E-state index in [0.29, 0.717) is 0 Å². The van der Waals surface area contributed by atoms with Crippen molar-refractivity contribution in [3.8, 4) is 40.2 Å². The summed E-state index contributed by atoms with van der Waals surface area (Å²) in [5, 5.41) is 0. The minimum absolute atomic E-state index is 0. The molecule has 0 bridgehead atoms. The van der Waals surface area contributed by atoms with Gasteiger partial charge in [-0.3, -0.25) is 0 Å². The van der Waals surface area contributed by atoms with Crippen LogP contribution in [-0.4, -0.2) is 49.8 Å². The van der Waals surface area contributed by atoms with E-state index in [2.05, 4.69) is 34.6 Å².